The number of ether oxygens (including phenoxy) is 1. The molecular weight excluding hydrogens is 487 g/mol. The molecule has 4 aromatic rings. The van der Waals surface area contributed by atoms with Crippen molar-refractivity contribution in [1.82, 2.24) is 4.98 Å². The second kappa shape index (κ2) is 9.17. The fraction of sp³-hybridized carbons (Fsp3) is 0.154. The van der Waals surface area contributed by atoms with Gasteiger partial charge in [-0.15, -0.1) is 16.7 Å². The Bertz CT molecular complexity index is 1490. The van der Waals surface area contributed by atoms with Crippen LogP contribution >= 0.6 is 23.2 Å². The number of rotatable bonds is 5. The quantitative estimate of drug-likeness (QED) is 0.136. The number of phenols is 1. The lowest BCUT2D eigenvalue weighted by Crippen LogP contribution is -2.56. The van der Waals surface area contributed by atoms with Gasteiger partial charge in [0.25, 0.3) is 0 Å². The number of hydrogen-bond acceptors (Lipinski definition) is 6. The van der Waals surface area contributed by atoms with Crippen LogP contribution in [0.4, 0.5) is 17.1 Å². The van der Waals surface area contributed by atoms with Crippen molar-refractivity contribution in [3.05, 3.63) is 83.0 Å². The molecule has 176 valence electrons. The van der Waals surface area contributed by atoms with Crippen LogP contribution in [-0.4, -0.2) is 28.5 Å². The number of carbonyl (C=O) groups excluding carboxylic acids is 1. The van der Waals surface area contributed by atoms with Crippen LogP contribution in [0.15, 0.2) is 77.0 Å². The first-order valence-electron chi connectivity index (χ1n) is 10.8. The minimum Gasteiger partial charge on any atom is -0.508 e. The van der Waals surface area contributed by atoms with Crippen LogP contribution < -0.4 is 9.64 Å². The van der Waals surface area contributed by atoms with E-state index in [0.29, 0.717) is 33.9 Å². The van der Waals surface area contributed by atoms with Gasteiger partial charge in [-0.3, -0.25) is 9.69 Å². The number of aryl methyl sites for hydroxylation is 1. The topological polar surface area (TPSA) is 87.4 Å². The summed E-state index contributed by atoms with van der Waals surface area (Å²) in [5, 5.41) is 19.1. The zero-order valence-electron chi connectivity index (χ0n) is 18.8. The third-order valence-electron chi connectivity index (χ3n) is 5.95. The van der Waals surface area contributed by atoms with Crippen molar-refractivity contribution in [2.75, 3.05) is 12.0 Å². The van der Waals surface area contributed by atoms with E-state index >= 15 is 0 Å². The van der Waals surface area contributed by atoms with Gasteiger partial charge < -0.3 is 9.84 Å². The molecule has 1 fully saturated rings. The smallest absolute Gasteiger partial charge is 0.248 e. The molecule has 2 heterocycles. The summed E-state index contributed by atoms with van der Waals surface area (Å²) in [6.07, 6.45) is 0. The Morgan fingerprint density at radius 1 is 1.03 bits per heavy atom. The van der Waals surface area contributed by atoms with Crippen LogP contribution in [0, 0.1) is 6.92 Å². The molecule has 0 spiro atoms. The van der Waals surface area contributed by atoms with Crippen molar-refractivity contribution >= 4 is 57.1 Å². The number of anilines is 1. The number of β-lactam (4-membered cyclic amide) rings is 1. The van der Waals surface area contributed by atoms with Gasteiger partial charge in [0.05, 0.1) is 30.0 Å². The van der Waals surface area contributed by atoms with E-state index in [4.69, 9.17) is 27.9 Å². The Morgan fingerprint density at radius 2 is 1.80 bits per heavy atom. The average Bonchev–Trinajstić information content (AvgIpc) is 2.86. The Balaban J connectivity index is 1.57. The van der Waals surface area contributed by atoms with Gasteiger partial charge in [0.15, 0.2) is 0 Å². The van der Waals surface area contributed by atoms with Crippen molar-refractivity contribution in [1.29, 1.82) is 0 Å². The van der Waals surface area contributed by atoms with Crippen LogP contribution in [-0.2, 0) is 4.79 Å². The summed E-state index contributed by atoms with van der Waals surface area (Å²) in [5.41, 5.74) is 3.69. The number of methoxy groups -OCH3 is 1. The molecule has 1 N–H and O–H groups in total. The number of aromatic nitrogens is 1. The van der Waals surface area contributed by atoms with E-state index in [1.54, 1.807) is 19.2 Å². The van der Waals surface area contributed by atoms with Gasteiger partial charge in [0, 0.05) is 23.1 Å². The molecule has 1 aliphatic rings. The normalized spacial score (nSPS) is 17.7. The largest absolute Gasteiger partial charge is 0.508 e. The van der Waals surface area contributed by atoms with Crippen LogP contribution in [0.5, 0.6) is 11.5 Å². The predicted molar refractivity (Wildman–Crippen MR) is 137 cm³/mol. The lowest BCUT2D eigenvalue weighted by molar-refractivity contribution is -0.123. The van der Waals surface area contributed by atoms with E-state index in [1.165, 1.54) is 17.0 Å². The SMILES string of the molecule is COc1ccc2cc(C3C(Cl)C(=O)N3c3cc(O)ccc3N=Nc3ccccc3C)c(Cl)nc2c1. The number of halogens is 2. The molecule has 3 aromatic carbocycles. The van der Waals surface area contributed by atoms with Gasteiger partial charge in [-0.1, -0.05) is 29.8 Å². The van der Waals surface area contributed by atoms with Gasteiger partial charge in [-0.05, 0) is 48.9 Å². The van der Waals surface area contributed by atoms with Gasteiger partial charge in [-0.2, -0.15) is 5.11 Å². The lowest BCUT2D eigenvalue weighted by Gasteiger charge is -2.44. The van der Waals surface area contributed by atoms with E-state index in [1.807, 2.05) is 49.4 Å². The van der Waals surface area contributed by atoms with E-state index < -0.39 is 11.4 Å². The number of hydrogen-bond donors (Lipinski definition) is 1. The van der Waals surface area contributed by atoms with E-state index in [9.17, 15) is 9.90 Å². The summed E-state index contributed by atoms with van der Waals surface area (Å²) in [6, 6.07) is 18.9. The number of azo groups is 1. The Morgan fingerprint density at radius 3 is 2.57 bits per heavy atom. The minimum atomic E-state index is -0.853. The van der Waals surface area contributed by atoms with Crippen molar-refractivity contribution in [2.24, 2.45) is 10.2 Å². The van der Waals surface area contributed by atoms with E-state index in [2.05, 4.69) is 15.2 Å². The summed E-state index contributed by atoms with van der Waals surface area (Å²) in [6.45, 7) is 1.93. The van der Waals surface area contributed by atoms with Gasteiger partial charge in [0.2, 0.25) is 5.91 Å². The highest BCUT2D eigenvalue weighted by atomic mass is 35.5. The second-order valence-corrected chi connectivity index (χ2v) is 8.97. The standard InChI is InChI=1S/C26H20Cl2N4O3/c1-14-5-3-4-6-19(14)30-31-20-10-8-16(33)12-22(20)32-24(23(27)26(32)34)18-11-15-7-9-17(35-2)13-21(15)29-25(18)28/h3-13,23-24,33H,1-2H3. The molecule has 1 amide bonds. The average molecular weight is 507 g/mol. The highest BCUT2D eigenvalue weighted by molar-refractivity contribution is 6.38. The third kappa shape index (κ3) is 4.17. The maximum atomic E-state index is 13.0. The third-order valence-corrected chi connectivity index (χ3v) is 6.68. The number of phenolic OH excluding ortho intramolecular Hbond substituents is 1. The zero-order valence-corrected chi connectivity index (χ0v) is 20.3. The molecule has 35 heavy (non-hydrogen) atoms. The maximum absolute atomic E-state index is 13.0. The van der Waals surface area contributed by atoms with Crippen molar-refractivity contribution in [3.8, 4) is 11.5 Å². The number of fused-ring (bicyclic) bond motifs is 1. The molecule has 2 unspecified atom stereocenters. The molecular formula is C26H20Cl2N4O3. The monoisotopic (exact) mass is 506 g/mol. The number of aromatic hydroxyl groups is 1. The van der Waals surface area contributed by atoms with Gasteiger partial charge >= 0.3 is 0 Å². The fourth-order valence-electron chi connectivity index (χ4n) is 4.07. The molecule has 0 saturated carbocycles. The van der Waals surface area contributed by atoms with Crippen LogP contribution in [0.3, 0.4) is 0 Å². The number of amides is 1. The summed E-state index contributed by atoms with van der Waals surface area (Å²) < 4.78 is 5.26. The first-order valence-corrected chi connectivity index (χ1v) is 11.6. The molecule has 0 aliphatic carbocycles. The van der Waals surface area contributed by atoms with E-state index in [-0.39, 0.29) is 16.8 Å². The number of benzene rings is 3. The van der Waals surface area contributed by atoms with Crippen molar-refractivity contribution in [2.45, 2.75) is 18.3 Å². The maximum Gasteiger partial charge on any atom is 0.248 e. The second-order valence-electron chi connectivity index (χ2n) is 8.14. The molecule has 2 atom stereocenters. The van der Waals surface area contributed by atoms with Crippen LogP contribution in [0.1, 0.15) is 17.2 Å². The first kappa shape index (κ1) is 23.1. The summed E-state index contributed by atoms with van der Waals surface area (Å²) in [5.74, 6) is 0.308. The first-order chi connectivity index (χ1) is 16.9. The molecule has 7 nitrogen and oxygen atoms in total. The Kier molecular flexibility index (Phi) is 6.05. The van der Waals surface area contributed by atoms with Gasteiger partial charge in [0.1, 0.15) is 27.7 Å². The molecule has 1 saturated heterocycles. The van der Waals surface area contributed by atoms with Gasteiger partial charge in [-0.25, -0.2) is 4.98 Å². The zero-order chi connectivity index (χ0) is 24.7. The molecule has 0 radical (unpaired) electrons. The Hall–Kier alpha value is -3.68. The summed E-state index contributed by atoms with van der Waals surface area (Å²) in [7, 11) is 1.58. The molecule has 1 aliphatic heterocycles. The number of alkyl halides is 1. The number of nitrogens with zero attached hydrogens (tertiary/aromatic N) is 4. The molecule has 5 rings (SSSR count). The summed E-state index contributed by atoms with van der Waals surface area (Å²) >= 11 is 13.0. The molecule has 0 bridgehead atoms. The highest BCUT2D eigenvalue weighted by Crippen LogP contribution is 2.48. The Labute approximate surface area is 211 Å². The van der Waals surface area contributed by atoms with E-state index in [0.717, 1.165) is 10.9 Å². The predicted octanol–water partition coefficient (Wildman–Crippen LogP) is 7.02. The highest BCUT2D eigenvalue weighted by Gasteiger charge is 2.50. The fourth-order valence-corrected chi connectivity index (χ4v) is 4.68. The summed E-state index contributed by atoms with van der Waals surface area (Å²) in [4.78, 5) is 18.9. The lowest BCUT2D eigenvalue weighted by atomic mass is 9.92. The number of carbonyl (C=O) groups is 1. The van der Waals surface area contributed by atoms with Crippen LogP contribution in [0.25, 0.3) is 10.9 Å². The van der Waals surface area contributed by atoms with Crippen LogP contribution in [0.2, 0.25) is 5.15 Å². The van der Waals surface area contributed by atoms with Crippen molar-refractivity contribution in [3.63, 3.8) is 0 Å². The minimum absolute atomic E-state index is 0.0192. The number of pyridine rings is 1. The molecule has 1 aromatic heterocycles. The van der Waals surface area contributed by atoms with Crippen molar-refractivity contribution < 1.29 is 14.6 Å². The molecule has 9 heteroatoms.